The van der Waals surface area contributed by atoms with Crippen molar-refractivity contribution in [1.29, 1.82) is 0 Å². The van der Waals surface area contributed by atoms with Crippen molar-refractivity contribution in [3.63, 3.8) is 0 Å². The summed E-state index contributed by atoms with van der Waals surface area (Å²) in [6.07, 6.45) is 7.84. The Kier molecular flexibility index (Phi) is 4.24. The van der Waals surface area contributed by atoms with E-state index in [1.54, 1.807) is 7.11 Å². The molecule has 132 valence electrons. The SMILES string of the molecule is CCN1N=CC2=Cc3cc(OC)ccc3N(CC3CCC(=O)CC3)C21. The third-order valence-corrected chi connectivity index (χ3v) is 5.54. The highest BCUT2D eigenvalue weighted by atomic mass is 16.5. The molecule has 2 heterocycles. The van der Waals surface area contributed by atoms with Crippen LogP contribution in [0.5, 0.6) is 5.75 Å². The van der Waals surface area contributed by atoms with Gasteiger partial charge < -0.3 is 9.64 Å². The third kappa shape index (κ3) is 2.92. The number of nitrogens with zero attached hydrogens (tertiary/aromatic N) is 3. The van der Waals surface area contributed by atoms with Crippen LogP contribution in [0.1, 0.15) is 38.2 Å². The summed E-state index contributed by atoms with van der Waals surface area (Å²) in [7, 11) is 1.70. The molecule has 1 atom stereocenters. The van der Waals surface area contributed by atoms with Crippen molar-refractivity contribution in [3.8, 4) is 5.75 Å². The number of anilines is 1. The number of methoxy groups -OCH3 is 1. The fraction of sp³-hybridized carbons (Fsp3) is 0.500. The molecule has 5 heteroatoms. The number of ketones is 1. The van der Waals surface area contributed by atoms with E-state index in [0.717, 1.165) is 44.5 Å². The lowest BCUT2D eigenvalue weighted by Gasteiger charge is -2.42. The summed E-state index contributed by atoms with van der Waals surface area (Å²) in [6, 6.07) is 6.28. The van der Waals surface area contributed by atoms with Crippen molar-refractivity contribution in [3.05, 3.63) is 29.3 Å². The molecule has 1 fully saturated rings. The molecule has 0 N–H and O–H groups in total. The molecule has 25 heavy (non-hydrogen) atoms. The number of rotatable bonds is 4. The summed E-state index contributed by atoms with van der Waals surface area (Å²) < 4.78 is 5.40. The van der Waals surface area contributed by atoms with Gasteiger partial charge in [0, 0.05) is 42.8 Å². The van der Waals surface area contributed by atoms with Crippen LogP contribution in [-0.2, 0) is 4.79 Å². The minimum atomic E-state index is 0.170. The van der Waals surface area contributed by atoms with Crippen LogP contribution in [0.3, 0.4) is 0 Å². The maximum atomic E-state index is 11.6. The fourth-order valence-electron chi connectivity index (χ4n) is 4.16. The predicted molar refractivity (Wildman–Crippen MR) is 99.9 cm³/mol. The van der Waals surface area contributed by atoms with E-state index in [4.69, 9.17) is 4.74 Å². The van der Waals surface area contributed by atoms with Crippen LogP contribution in [-0.4, -0.2) is 43.4 Å². The molecule has 0 aromatic heterocycles. The Morgan fingerprint density at radius 2 is 2.08 bits per heavy atom. The Bertz CT molecular complexity index is 730. The molecule has 0 spiro atoms. The first-order valence-electron chi connectivity index (χ1n) is 9.18. The molecule has 1 unspecified atom stereocenters. The van der Waals surface area contributed by atoms with Gasteiger partial charge in [0.1, 0.15) is 17.7 Å². The van der Waals surface area contributed by atoms with E-state index in [1.807, 2.05) is 12.3 Å². The van der Waals surface area contributed by atoms with Crippen LogP contribution in [0.25, 0.3) is 6.08 Å². The Morgan fingerprint density at radius 1 is 1.28 bits per heavy atom. The molecule has 1 saturated carbocycles. The smallest absolute Gasteiger partial charge is 0.146 e. The van der Waals surface area contributed by atoms with Crippen LogP contribution in [0.15, 0.2) is 28.9 Å². The molecule has 0 radical (unpaired) electrons. The van der Waals surface area contributed by atoms with E-state index in [-0.39, 0.29) is 6.17 Å². The van der Waals surface area contributed by atoms with Gasteiger partial charge >= 0.3 is 0 Å². The van der Waals surface area contributed by atoms with E-state index < -0.39 is 0 Å². The van der Waals surface area contributed by atoms with Gasteiger partial charge in [-0.05, 0) is 50.0 Å². The molecular formula is C20H25N3O2. The summed E-state index contributed by atoms with van der Waals surface area (Å²) in [4.78, 5) is 14.1. The van der Waals surface area contributed by atoms with Crippen LogP contribution < -0.4 is 9.64 Å². The molecule has 0 saturated heterocycles. The minimum Gasteiger partial charge on any atom is -0.497 e. The first-order valence-corrected chi connectivity index (χ1v) is 9.18. The van der Waals surface area contributed by atoms with Gasteiger partial charge in [0.05, 0.1) is 13.3 Å². The number of benzene rings is 1. The zero-order valence-electron chi connectivity index (χ0n) is 14.9. The highest BCUT2D eigenvalue weighted by molar-refractivity contribution is 5.94. The Labute approximate surface area is 148 Å². The van der Waals surface area contributed by atoms with Crippen molar-refractivity contribution in [2.75, 3.05) is 25.1 Å². The Morgan fingerprint density at radius 3 is 2.80 bits per heavy atom. The molecule has 4 rings (SSSR count). The number of hydrazone groups is 1. The molecule has 1 aromatic rings. The molecule has 1 aromatic carbocycles. The number of hydrogen-bond donors (Lipinski definition) is 0. The van der Waals surface area contributed by atoms with Crippen molar-refractivity contribution >= 4 is 23.8 Å². The first kappa shape index (κ1) is 16.2. The molecule has 0 bridgehead atoms. The lowest BCUT2D eigenvalue weighted by Crippen LogP contribution is -2.49. The monoisotopic (exact) mass is 339 g/mol. The van der Waals surface area contributed by atoms with Crippen molar-refractivity contribution in [1.82, 2.24) is 5.01 Å². The average Bonchev–Trinajstić information content (AvgIpc) is 3.05. The largest absolute Gasteiger partial charge is 0.497 e. The number of carbonyl (C=O) groups is 1. The summed E-state index contributed by atoms with van der Waals surface area (Å²) in [6.45, 7) is 3.99. The lowest BCUT2D eigenvalue weighted by molar-refractivity contribution is -0.120. The number of fused-ring (bicyclic) bond motifs is 2. The van der Waals surface area contributed by atoms with Crippen LogP contribution >= 0.6 is 0 Å². The first-order chi connectivity index (χ1) is 12.2. The standard InChI is InChI=1S/C20H25N3O2/c1-3-23-20-16(12-21-23)10-15-11-18(25-2)8-9-19(15)22(20)13-14-4-6-17(24)7-5-14/h8-12,14,20H,3-7,13H2,1-2H3. The number of carbonyl (C=O) groups excluding carboxylic acids is 1. The zero-order valence-corrected chi connectivity index (χ0v) is 14.9. The van der Waals surface area contributed by atoms with Crippen molar-refractivity contribution in [2.24, 2.45) is 11.0 Å². The number of hydrogen-bond acceptors (Lipinski definition) is 5. The van der Waals surface area contributed by atoms with Gasteiger partial charge in [-0.3, -0.25) is 9.80 Å². The lowest BCUT2D eigenvalue weighted by atomic mass is 9.87. The highest BCUT2D eigenvalue weighted by Gasteiger charge is 2.36. The number of likely N-dealkylation sites (N-methyl/N-ethyl adjacent to an activating group) is 1. The second-order valence-corrected chi connectivity index (χ2v) is 7.08. The third-order valence-electron chi connectivity index (χ3n) is 5.54. The average molecular weight is 339 g/mol. The maximum absolute atomic E-state index is 11.6. The van der Waals surface area contributed by atoms with E-state index in [0.29, 0.717) is 11.7 Å². The van der Waals surface area contributed by atoms with Crippen LogP contribution in [0, 0.1) is 5.92 Å². The molecule has 2 aliphatic heterocycles. The van der Waals surface area contributed by atoms with Gasteiger partial charge in [0.2, 0.25) is 0 Å². The molecule has 1 aliphatic carbocycles. The molecule has 3 aliphatic rings. The fourth-order valence-corrected chi connectivity index (χ4v) is 4.16. The van der Waals surface area contributed by atoms with E-state index >= 15 is 0 Å². The summed E-state index contributed by atoms with van der Waals surface area (Å²) in [5.41, 5.74) is 3.65. The van der Waals surface area contributed by atoms with E-state index in [2.05, 4.69) is 40.1 Å². The minimum absolute atomic E-state index is 0.170. The summed E-state index contributed by atoms with van der Waals surface area (Å²) in [5.74, 6) is 1.85. The number of ether oxygens (including phenoxy) is 1. The highest BCUT2D eigenvalue weighted by Crippen LogP contribution is 2.39. The van der Waals surface area contributed by atoms with E-state index in [9.17, 15) is 4.79 Å². The van der Waals surface area contributed by atoms with Gasteiger partial charge in [-0.15, -0.1) is 0 Å². The maximum Gasteiger partial charge on any atom is 0.146 e. The van der Waals surface area contributed by atoms with Crippen molar-refractivity contribution in [2.45, 2.75) is 38.8 Å². The topological polar surface area (TPSA) is 45.1 Å². The van der Waals surface area contributed by atoms with Crippen molar-refractivity contribution < 1.29 is 9.53 Å². The molecule has 0 amide bonds. The van der Waals surface area contributed by atoms with E-state index in [1.165, 1.54) is 16.8 Å². The predicted octanol–water partition coefficient (Wildman–Crippen LogP) is 3.31. The van der Waals surface area contributed by atoms with Gasteiger partial charge in [-0.1, -0.05) is 0 Å². The number of Topliss-reactive ketones (excluding diaryl/α,β-unsaturated/α-hetero) is 1. The Balaban J connectivity index is 1.67. The van der Waals surface area contributed by atoms with Crippen LogP contribution in [0.4, 0.5) is 5.69 Å². The normalized spacial score (nSPS) is 22.7. The van der Waals surface area contributed by atoms with Gasteiger partial charge in [-0.2, -0.15) is 5.10 Å². The summed E-state index contributed by atoms with van der Waals surface area (Å²) >= 11 is 0. The second kappa shape index (κ2) is 6.54. The molecule has 5 nitrogen and oxygen atoms in total. The quantitative estimate of drug-likeness (QED) is 0.844. The van der Waals surface area contributed by atoms with Gasteiger partial charge in [0.25, 0.3) is 0 Å². The molecular weight excluding hydrogens is 314 g/mol. The zero-order chi connectivity index (χ0) is 17.4. The Hall–Kier alpha value is -2.30. The van der Waals surface area contributed by atoms with Gasteiger partial charge in [-0.25, -0.2) is 0 Å². The summed E-state index contributed by atoms with van der Waals surface area (Å²) in [5, 5.41) is 6.74. The van der Waals surface area contributed by atoms with Gasteiger partial charge in [0.15, 0.2) is 0 Å². The second-order valence-electron chi connectivity index (χ2n) is 7.08. The van der Waals surface area contributed by atoms with Crippen LogP contribution in [0.2, 0.25) is 0 Å².